The molecule has 0 spiro atoms. The zero-order valence-corrected chi connectivity index (χ0v) is 20.2. The molecular formula is C22H26ClN3O6S. The number of rotatable bonds is 8. The summed E-state index contributed by atoms with van der Waals surface area (Å²) in [6, 6.07) is 8.77. The van der Waals surface area contributed by atoms with Crippen molar-refractivity contribution in [1.29, 1.82) is 0 Å². The minimum atomic E-state index is -4.04. The number of imide groups is 1. The summed E-state index contributed by atoms with van der Waals surface area (Å²) < 4.78 is 32.4. The molecule has 2 aromatic carbocycles. The Bertz CT molecular complexity index is 1130. The molecule has 0 aliphatic rings. The predicted molar refractivity (Wildman–Crippen MR) is 124 cm³/mol. The number of carbonyl (C=O) groups is 3. The van der Waals surface area contributed by atoms with E-state index in [1.54, 1.807) is 19.9 Å². The number of halogens is 1. The first-order valence-electron chi connectivity index (χ1n) is 10.0. The highest BCUT2D eigenvalue weighted by molar-refractivity contribution is 7.89. The topological polar surface area (TPSA) is 131 Å². The second-order valence-electron chi connectivity index (χ2n) is 7.73. The number of amides is 3. The van der Waals surface area contributed by atoms with Crippen molar-refractivity contribution in [2.75, 3.05) is 11.9 Å². The number of esters is 1. The van der Waals surface area contributed by atoms with Crippen LogP contribution in [0.2, 0.25) is 5.02 Å². The van der Waals surface area contributed by atoms with E-state index in [4.69, 9.17) is 16.3 Å². The molecule has 0 saturated carbocycles. The van der Waals surface area contributed by atoms with E-state index in [0.29, 0.717) is 10.7 Å². The highest BCUT2D eigenvalue weighted by Gasteiger charge is 2.30. The van der Waals surface area contributed by atoms with Crippen LogP contribution in [-0.2, 0) is 24.3 Å². The summed E-state index contributed by atoms with van der Waals surface area (Å²) in [4.78, 5) is 36.4. The van der Waals surface area contributed by atoms with Crippen LogP contribution in [0.5, 0.6) is 0 Å². The maximum Gasteiger partial charge on any atom is 0.325 e. The first-order chi connectivity index (χ1) is 15.4. The summed E-state index contributed by atoms with van der Waals surface area (Å²) in [7, 11) is -4.04. The molecule has 0 aliphatic heterocycles. The summed E-state index contributed by atoms with van der Waals surface area (Å²) in [5.74, 6) is -2.29. The molecule has 11 heteroatoms. The lowest BCUT2D eigenvalue weighted by Gasteiger charge is -2.20. The van der Waals surface area contributed by atoms with Gasteiger partial charge in [0.1, 0.15) is 6.04 Å². The fourth-order valence-electron chi connectivity index (χ4n) is 2.80. The molecule has 33 heavy (non-hydrogen) atoms. The first kappa shape index (κ1) is 26.3. The fraction of sp³-hybridized carbons (Fsp3) is 0.318. The Morgan fingerprint density at radius 2 is 1.67 bits per heavy atom. The number of ether oxygens (including phenoxy) is 1. The lowest BCUT2D eigenvalue weighted by molar-refractivity contribution is -0.150. The Hall–Kier alpha value is -2.95. The minimum Gasteiger partial charge on any atom is -0.454 e. The molecule has 0 radical (unpaired) electrons. The van der Waals surface area contributed by atoms with Gasteiger partial charge in [-0.05, 0) is 55.7 Å². The van der Waals surface area contributed by atoms with E-state index < -0.39 is 46.5 Å². The normalized spacial score (nSPS) is 12.2. The number of carbonyl (C=O) groups excluding carboxylic acids is 3. The zero-order chi connectivity index (χ0) is 24.8. The van der Waals surface area contributed by atoms with Crippen LogP contribution >= 0.6 is 11.6 Å². The van der Waals surface area contributed by atoms with E-state index in [9.17, 15) is 22.8 Å². The maximum atomic E-state index is 12.6. The van der Waals surface area contributed by atoms with Crippen LogP contribution in [0, 0.1) is 19.8 Å². The number of hydrogen-bond acceptors (Lipinski definition) is 6. The van der Waals surface area contributed by atoms with Crippen molar-refractivity contribution in [3.8, 4) is 0 Å². The molecule has 1 atom stereocenters. The fourth-order valence-corrected chi connectivity index (χ4v) is 4.26. The van der Waals surface area contributed by atoms with Crippen LogP contribution in [-0.4, -0.2) is 39.0 Å². The zero-order valence-electron chi connectivity index (χ0n) is 18.6. The summed E-state index contributed by atoms with van der Waals surface area (Å²) in [5, 5.41) is 4.96. The van der Waals surface area contributed by atoms with Crippen LogP contribution in [0.3, 0.4) is 0 Å². The molecule has 0 bridgehead atoms. The Morgan fingerprint density at radius 3 is 2.24 bits per heavy atom. The molecule has 0 unspecified atom stereocenters. The number of urea groups is 1. The van der Waals surface area contributed by atoms with Crippen LogP contribution in [0.15, 0.2) is 47.4 Å². The third-order valence-corrected chi connectivity index (χ3v) is 6.26. The molecule has 0 saturated heterocycles. The third-order valence-electron chi connectivity index (χ3n) is 4.56. The molecular weight excluding hydrogens is 470 g/mol. The minimum absolute atomic E-state index is 0.0776. The molecule has 0 aliphatic carbocycles. The average Bonchev–Trinajstić information content (AvgIpc) is 2.72. The Balaban J connectivity index is 1.93. The predicted octanol–water partition coefficient (Wildman–Crippen LogP) is 3.15. The standard InChI is InChI=1S/C22H26ClN3O6S/c1-13(2)20(26-33(30,31)17-8-6-16(23)7-9-17)21(28)32-12-19(27)25-22(29)24-18-10-5-14(3)11-15(18)4/h5-11,13,20,26H,12H2,1-4H3,(H2,24,25,27,29)/t20-/m1/s1. The Kier molecular flexibility index (Phi) is 8.98. The SMILES string of the molecule is Cc1ccc(NC(=O)NC(=O)COC(=O)[C@H](NS(=O)(=O)c2ccc(Cl)cc2)C(C)C)c(C)c1. The number of anilines is 1. The number of sulfonamides is 1. The van der Waals surface area contributed by atoms with Crippen LogP contribution in [0.1, 0.15) is 25.0 Å². The summed E-state index contributed by atoms with van der Waals surface area (Å²) >= 11 is 5.78. The molecule has 3 amide bonds. The van der Waals surface area contributed by atoms with E-state index in [1.807, 2.05) is 26.0 Å². The van der Waals surface area contributed by atoms with Gasteiger partial charge >= 0.3 is 12.0 Å². The average molecular weight is 496 g/mol. The van der Waals surface area contributed by atoms with Gasteiger partial charge in [-0.1, -0.05) is 43.1 Å². The van der Waals surface area contributed by atoms with Crippen LogP contribution < -0.4 is 15.4 Å². The van der Waals surface area contributed by atoms with Gasteiger partial charge in [0.15, 0.2) is 6.61 Å². The van der Waals surface area contributed by atoms with E-state index in [1.165, 1.54) is 24.3 Å². The van der Waals surface area contributed by atoms with Gasteiger partial charge in [0.25, 0.3) is 5.91 Å². The smallest absolute Gasteiger partial charge is 0.325 e. The summed E-state index contributed by atoms with van der Waals surface area (Å²) in [6.07, 6.45) is 0. The number of aryl methyl sites for hydroxylation is 2. The molecule has 2 aromatic rings. The molecule has 2 rings (SSSR count). The molecule has 178 valence electrons. The highest BCUT2D eigenvalue weighted by atomic mass is 35.5. The number of benzene rings is 2. The van der Waals surface area contributed by atoms with E-state index in [0.717, 1.165) is 11.1 Å². The van der Waals surface area contributed by atoms with Gasteiger partial charge in [-0.3, -0.25) is 14.9 Å². The second kappa shape index (κ2) is 11.3. The maximum absolute atomic E-state index is 12.6. The van der Waals surface area contributed by atoms with Crippen molar-refractivity contribution in [1.82, 2.24) is 10.0 Å². The third kappa shape index (κ3) is 7.85. The Labute approximate surface area is 197 Å². The van der Waals surface area contributed by atoms with Crippen molar-refractivity contribution in [3.05, 3.63) is 58.6 Å². The van der Waals surface area contributed by atoms with Gasteiger partial charge in [0.05, 0.1) is 4.90 Å². The van der Waals surface area contributed by atoms with Crippen LogP contribution in [0.4, 0.5) is 10.5 Å². The van der Waals surface area contributed by atoms with Crippen molar-refractivity contribution in [2.24, 2.45) is 5.92 Å². The van der Waals surface area contributed by atoms with Gasteiger partial charge in [-0.2, -0.15) is 4.72 Å². The van der Waals surface area contributed by atoms with E-state index in [-0.39, 0.29) is 4.90 Å². The number of hydrogen-bond donors (Lipinski definition) is 3. The quantitative estimate of drug-likeness (QED) is 0.482. The molecule has 9 nitrogen and oxygen atoms in total. The lowest BCUT2D eigenvalue weighted by atomic mass is 10.1. The largest absolute Gasteiger partial charge is 0.454 e. The highest BCUT2D eigenvalue weighted by Crippen LogP contribution is 2.17. The second-order valence-corrected chi connectivity index (χ2v) is 9.88. The van der Waals surface area contributed by atoms with Gasteiger partial charge in [-0.15, -0.1) is 0 Å². The van der Waals surface area contributed by atoms with Crippen molar-refractivity contribution in [3.63, 3.8) is 0 Å². The Morgan fingerprint density at radius 1 is 1.03 bits per heavy atom. The van der Waals surface area contributed by atoms with Gasteiger partial charge in [0, 0.05) is 10.7 Å². The van der Waals surface area contributed by atoms with Gasteiger partial charge < -0.3 is 10.1 Å². The lowest BCUT2D eigenvalue weighted by Crippen LogP contribution is -2.46. The number of nitrogens with one attached hydrogen (secondary N) is 3. The van der Waals surface area contributed by atoms with Crippen molar-refractivity contribution >= 4 is 45.2 Å². The summed E-state index contributed by atoms with van der Waals surface area (Å²) in [5.41, 5.74) is 2.36. The van der Waals surface area contributed by atoms with Crippen molar-refractivity contribution < 1.29 is 27.5 Å². The van der Waals surface area contributed by atoms with Gasteiger partial charge in [-0.25, -0.2) is 13.2 Å². The van der Waals surface area contributed by atoms with Crippen molar-refractivity contribution in [2.45, 2.75) is 38.6 Å². The molecule has 0 fully saturated rings. The molecule has 0 heterocycles. The van der Waals surface area contributed by atoms with Gasteiger partial charge in [0.2, 0.25) is 10.0 Å². The monoisotopic (exact) mass is 495 g/mol. The first-order valence-corrected chi connectivity index (χ1v) is 11.9. The molecule has 0 aromatic heterocycles. The van der Waals surface area contributed by atoms with E-state index in [2.05, 4.69) is 15.4 Å². The molecule has 3 N–H and O–H groups in total. The van der Waals surface area contributed by atoms with E-state index >= 15 is 0 Å². The summed E-state index contributed by atoms with van der Waals surface area (Å²) in [6.45, 7) is 6.20. The van der Waals surface area contributed by atoms with Crippen LogP contribution in [0.25, 0.3) is 0 Å².